The van der Waals surface area contributed by atoms with Gasteiger partial charge in [-0.15, -0.1) is 0 Å². The summed E-state index contributed by atoms with van der Waals surface area (Å²) in [6, 6.07) is 5.57. The van der Waals surface area contributed by atoms with E-state index >= 15 is 0 Å². The van der Waals surface area contributed by atoms with E-state index in [1.807, 2.05) is 25.3 Å². The van der Waals surface area contributed by atoms with Gasteiger partial charge in [0.2, 0.25) is 6.29 Å². The van der Waals surface area contributed by atoms with Crippen molar-refractivity contribution in [1.82, 2.24) is 0 Å². The molecule has 2 heteroatoms. The molecule has 57 valence electrons. The summed E-state index contributed by atoms with van der Waals surface area (Å²) >= 11 is 5.82. The first kappa shape index (κ1) is 8.28. The molecular formula is C9H8ClO. The van der Waals surface area contributed by atoms with Crippen LogP contribution in [0.5, 0.6) is 0 Å². The molecule has 0 aromatic heterocycles. The molecule has 1 aromatic rings. The molecule has 0 spiro atoms. The summed E-state index contributed by atoms with van der Waals surface area (Å²) in [5.41, 5.74) is 1.94. The van der Waals surface area contributed by atoms with E-state index in [1.165, 1.54) is 0 Å². The van der Waals surface area contributed by atoms with E-state index in [0.29, 0.717) is 11.4 Å². The predicted octanol–water partition coefficient (Wildman–Crippen LogP) is 2.30. The summed E-state index contributed by atoms with van der Waals surface area (Å²) in [4.78, 5) is 10.0. The Balaban J connectivity index is 2.95. The van der Waals surface area contributed by atoms with Gasteiger partial charge in [-0.2, -0.15) is 0 Å². The fraction of sp³-hybridized carbons (Fsp3) is 0.222. The summed E-state index contributed by atoms with van der Waals surface area (Å²) in [6.45, 7) is 1.93. The Kier molecular flexibility index (Phi) is 2.66. The summed E-state index contributed by atoms with van der Waals surface area (Å²) in [7, 11) is 0. The Bertz CT molecular complexity index is 268. The largest absolute Gasteiger partial charge is 0.291 e. The van der Waals surface area contributed by atoms with Gasteiger partial charge in [-0.3, -0.25) is 4.79 Å². The van der Waals surface area contributed by atoms with Gasteiger partial charge < -0.3 is 0 Å². The molecule has 1 radical (unpaired) electrons. The van der Waals surface area contributed by atoms with Gasteiger partial charge in [0.25, 0.3) is 0 Å². The molecule has 1 aromatic carbocycles. The molecule has 0 saturated carbocycles. The minimum Gasteiger partial charge on any atom is -0.291 e. The van der Waals surface area contributed by atoms with Crippen molar-refractivity contribution in [2.24, 2.45) is 0 Å². The van der Waals surface area contributed by atoms with Crippen LogP contribution in [0.2, 0.25) is 5.02 Å². The van der Waals surface area contributed by atoms with Gasteiger partial charge in [0.1, 0.15) is 0 Å². The fourth-order valence-corrected chi connectivity index (χ4v) is 1.03. The van der Waals surface area contributed by atoms with E-state index in [2.05, 4.69) is 0 Å². The Morgan fingerprint density at radius 3 is 2.82 bits per heavy atom. The van der Waals surface area contributed by atoms with Crippen LogP contribution in [0.15, 0.2) is 18.2 Å². The number of halogens is 1. The lowest BCUT2D eigenvalue weighted by Crippen LogP contribution is -1.85. The lowest BCUT2D eigenvalue weighted by Gasteiger charge is -1.98. The van der Waals surface area contributed by atoms with Crippen LogP contribution in [0.1, 0.15) is 11.1 Å². The molecule has 0 atom stereocenters. The number of hydrogen-bond acceptors (Lipinski definition) is 1. The lowest BCUT2D eigenvalue weighted by atomic mass is 10.1. The van der Waals surface area contributed by atoms with Crippen LogP contribution >= 0.6 is 11.6 Å². The van der Waals surface area contributed by atoms with Crippen LogP contribution in [0.4, 0.5) is 0 Å². The average Bonchev–Trinajstić information content (AvgIpc) is 1.98. The zero-order valence-corrected chi connectivity index (χ0v) is 6.98. The average molecular weight is 168 g/mol. The zero-order valence-electron chi connectivity index (χ0n) is 6.23. The molecule has 0 N–H and O–H groups in total. The highest BCUT2D eigenvalue weighted by molar-refractivity contribution is 6.31. The molecule has 0 heterocycles. The van der Waals surface area contributed by atoms with Crippen LogP contribution in [0, 0.1) is 6.92 Å². The fourth-order valence-electron chi connectivity index (χ4n) is 0.830. The highest BCUT2D eigenvalue weighted by Gasteiger charge is 1.96. The molecule has 0 aliphatic rings. The molecule has 0 amide bonds. The molecule has 0 aliphatic heterocycles. The first-order chi connectivity index (χ1) is 5.24. The summed E-state index contributed by atoms with van der Waals surface area (Å²) in [6.07, 6.45) is 2.14. The number of aryl methyl sites for hydroxylation is 1. The molecule has 0 aliphatic carbocycles. The van der Waals surface area contributed by atoms with Gasteiger partial charge in [0.15, 0.2) is 0 Å². The Hall–Kier alpha value is -0.820. The number of hydrogen-bond donors (Lipinski definition) is 0. The Labute approximate surface area is 71.0 Å². The summed E-state index contributed by atoms with van der Waals surface area (Å²) in [5.74, 6) is 0. The van der Waals surface area contributed by atoms with E-state index < -0.39 is 0 Å². The highest BCUT2D eigenvalue weighted by atomic mass is 35.5. The second kappa shape index (κ2) is 3.54. The van der Waals surface area contributed by atoms with Crippen molar-refractivity contribution in [2.45, 2.75) is 13.3 Å². The van der Waals surface area contributed by atoms with Gasteiger partial charge in [0.05, 0.1) is 0 Å². The maximum absolute atomic E-state index is 10.0. The van der Waals surface area contributed by atoms with Gasteiger partial charge >= 0.3 is 0 Å². The van der Waals surface area contributed by atoms with Crippen molar-refractivity contribution in [3.8, 4) is 0 Å². The van der Waals surface area contributed by atoms with Crippen molar-refractivity contribution >= 4 is 17.9 Å². The monoisotopic (exact) mass is 167 g/mol. The second-order valence-corrected chi connectivity index (χ2v) is 2.81. The van der Waals surface area contributed by atoms with Crippen LogP contribution in [-0.4, -0.2) is 6.29 Å². The Morgan fingerprint density at radius 2 is 2.27 bits per heavy atom. The van der Waals surface area contributed by atoms with E-state index in [0.717, 1.165) is 11.1 Å². The van der Waals surface area contributed by atoms with Crippen LogP contribution < -0.4 is 0 Å². The summed E-state index contributed by atoms with van der Waals surface area (Å²) < 4.78 is 0. The minimum atomic E-state index is 0.319. The van der Waals surface area contributed by atoms with Gasteiger partial charge in [0, 0.05) is 11.4 Å². The first-order valence-electron chi connectivity index (χ1n) is 3.34. The number of rotatable bonds is 2. The number of benzene rings is 1. The minimum absolute atomic E-state index is 0.319. The standard InChI is InChI=1S/C9H8ClO/c1-7-2-3-8(4-5-11)6-9(7)10/h2-3,6H,4H2,1H3. The van der Waals surface area contributed by atoms with E-state index in [1.54, 1.807) is 6.07 Å². The van der Waals surface area contributed by atoms with Crippen molar-refractivity contribution in [3.05, 3.63) is 34.3 Å². The molecule has 0 fully saturated rings. The third kappa shape index (κ3) is 2.05. The molecule has 11 heavy (non-hydrogen) atoms. The second-order valence-electron chi connectivity index (χ2n) is 2.40. The first-order valence-corrected chi connectivity index (χ1v) is 3.72. The molecule has 0 unspecified atom stereocenters. The Morgan fingerprint density at radius 1 is 1.55 bits per heavy atom. The maximum atomic E-state index is 10.0. The normalized spacial score (nSPS) is 9.64. The van der Waals surface area contributed by atoms with E-state index in [4.69, 9.17) is 11.6 Å². The van der Waals surface area contributed by atoms with Crippen molar-refractivity contribution in [3.63, 3.8) is 0 Å². The molecule has 1 rings (SSSR count). The third-order valence-corrected chi connectivity index (χ3v) is 1.92. The van der Waals surface area contributed by atoms with Gasteiger partial charge in [-0.1, -0.05) is 23.7 Å². The lowest BCUT2D eigenvalue weighted by molar-refractivity contribution is 0.555. The number of carbonyl (C=O) groups excluding carboxylic acids is 1. The van der Waals surface area contributed by atoms with Crippen LogP contribution in [0.3, 0.4) is 0 Å². The highest BCUT2D eigenvalue weighted by Crippen LogP contribution is 2.16. The van der Waals surface area contributed by atoms with E-state index in [-0.39, 0.29) is 0 Å². The molecule has 0 saturated heterocycles. The van der Waals surface area contributed by atoms with Crippen molar-refractivity contribution in [2.75, 3.05) is 0 Å². The zero-order chi connectivity index (χ0) is 8.27. The smallest absolute Gasteiger partial charge is 0.203 e. The van der Waals surface area contributed by atoms with Gasteiger partial charge in [-0.05, 0) is 24.1 Å². The van der Waals surface area contributed by atoms with E-state index in [9.17, 15) is 4.79 Å². The van der Waals surface area contributed by atoms with Crippen LogP contribution in [0.25, 0.3) is 0 Å². The van der Waals surface area contributed by atoms with Crippen molar-refractivity contribution < 1.29 is 4.79 Å². The van der Waals surface area contributed by atoms with Crippen molar-refractivity contribution in [1.29, 1.82) is 0 Å². The topological polar surface area (TPSA) is 17.1 Å². The SMILES string of the molecule is Cc1ccc(C[C]=O)cc1Cl. The van der Waals surface area contributed by atoms with Crippen LogP contribution in [-0.2, 0) is 11.2 Å². The molecule has 0 bridgehead atoms. The maximum Gasteiger partial charge on any atom is 0.203 e. The third-order valence-electron chi connectivity index (χ3n) is 1.51. The molecule has 1 nitrogen and oxygen atoms in total. The summed E-state index contributed by atoms with van der Waals surface area (Å²) in [5, 5.41) is 0.706. The predicted molar refractivity (Wildman–Crippen MR) is 45.6 cm³/mol. The quantitative estimate of drug-likeness (QED) is 0.661. The molecular weight excluding hydrogens is 160 g/mol. The van der Waals surface area contributed by atoms with Gasteiger partial charge in [-0.25, -0.2) is 0 Å².